The summed E-state index contributed by atoms with van der Waals surface area (Å²) in [5.41, 5.74) is 2.99. The molecule has 1 N–H and O–H groups in total. The molecular weight excluding hydrogens is 402 g/mol. The van der Waals surface area contributed by atoms with Gasteiger partial charge >= 0.3 is 0 Å². The van der Waals surface area contributed by atoms with Gasteiger partial charge in [-0.05, 0) is 99.1 Å². The van der Waals surface area contributed by atoms with Crippen molar-refractivity contribution < 1.29 is 9.53 Å². The van der Waals surface area contributed by atoms with Crippen LogP contribution in [0.3, 0.4) is 0 Å². The fourth-order valence-corrected chi connectivity index (χ4v) is 5.59. The van der Waals surface area contributed by atoms with E-state index in [-0.39, 0.29) is 5.91 Å². The van der Waals surface area contributed by atoms with Crippen molar-refractivity contribution in [3.63, 3.8) is 0 Å². The van der Waals surface area contributed by atoms with Gasteiger partial charge < -0.3 is 10.1 Å². The van der Waals surface area contributed by atoms with E-state index in [0.29, 0.717) is 0 Å². The Bertz CT molecular complexity index is 885. The van der Waals surface area contributed by atoms with E-state index in [9.17, 15) is 4.79 Å². The lowest BCUT2D eigenvalue weighted by Gasteiger charge is -2.22. The van der Waals surface area contributed by atoms with E-state index in [1.54, 1.807) is 0 Å². The number of carbonyl (C=O) groups is 1. The molecule has 31 heavy (non-hydrogen) atoms. The summed E-state index contributed by atoms with van der Waals surface area (Å²) in [6, 6.07) is 15.3. The first-order chi connectivity index (χ1) is 15.0. The summed E-state index contributed by atoms with van der Waals surface area (Å²) in [5.74, 6) is 2.86. The molecule has 0 atom stereocenters. The third-order valence-corrected chi connectivity index (χ3v) is 7.86. The van der Waals surface area contributed by atoms with E-state index >= 15 is 0 Å². The molecule has 2 aromatic rings. The normalized spacial score (nSPS) is 17.9. The number of amides is 1. The van der Waals surface area contributed by atoms with E-state index in [1.807, 2.05) is 43.8 Å². The highest BCUT2D eigenvalue weighted by molar-refractivity contribution is 7.99. The first-order valence-electron chi connectivity index (χ1n) is 11.9. The molecule has 0 bridgehead atoms. The minimum absolute atomic E-state index is 0.0563. The molecular formula is C27H35NO2S. The maximum Gasteiger partial charge on any atom is 0.234 e. The molecule has 166 valence electrons. The standard InChI is InChI=1S/C27H35NO2S/c1-27(2)24-19-22(13-16-25(24)28-26(27)29)30-17-7-4-8-18-31-23-14-11-21(12-15-23)20-9-5-3-6-10-20/h11-16,19-20H,3-10,17-18H2,1-2H3,(H,28,29). The number of hydrogen-bond acceptors (Lipinski definition) is 3. The maximum absolute atomic E-state index is 12.1. The first-order valence-corrected chi connectivity index (χ1v) is 12.8. The van der Waals surface area contributed by atoms with Crippen LogP contribution < -0.4 is 10.1 Å². The first kappa shape index (κ1) is 22.3. The van der Waals surface area contributed by atoms with E-state index < -0.39 is 5.41 Å². The average molecular weight is 438 g/mol. The van der Waals surface area contributed by atoms with Gasteiger partial charge in [-0.15, -0.1) is 11.8 Å². The summed E-state index contributed by atoms with van der Waals surface area (Å²) in [7, 11) is 0. The number of hydrogen-bond donors (Lipinski definition) is 1. The van der Waals surface area contributed by atoms with Crippen LogP contribution in [-0.4, -0.2) is 18.3 Å². The lowest BCUT2D eigenvalue weighted by atomic mass is 9.84. The Kier molecular flexibility index (Phi) is 7.27. The van der Waals surface area contributed by atoms with Gasteiger partial charge in [0.2, 0.25) is 5.91 Å². The van der Waals surface area contributed by atoms with Crippen LogP contribution in [0, 0.1) is 0 Å². The Morgan fingerprint density at radius 1 is 1.00 bits per heavy atom. The molecule has 2 aromatic carbocycles. The summed E-state index contributed by atoms with van der Waals surface area (Å²) in [6.45, 7) is 4.64. The summed E-state index contributed by atoms with van der Waals surface area (Å²) in [6.07, 6.45) is 10.4. The van der Waals surface area contributed by atoms with Crippen molar-refractivity contribution >= 4 is 23.4 Å². The number of anilines is 1. The van der Waals surface area contributed by atoms with Gasteiger partial charge in [-0.3, -0.25) is 4.79 Å². The number of carbonyl (C=O) groups excluding carboxylic acids is 1. The van der Waals surface area contributed by atoms with Gasteiger partial charge in [0, 0.05) is 10.6 Å². The third-order valence-electron chi connectivity index (χ3n) is 6.76. The van der Waals surface area contributed by atoms with Gasteiger partial charge in [-0.1, -0.05) is 31.4 Å². The Morgan fingerprint density at radius 2 is 1.77 bits per heavy atom. The Hall–Kier alpha value is -1.94. The molecule has 2 aliphatic rings. The number of fused-ring (bicyclic) bond motifs is 1. The van der Waals surface area contributed by atoms with Crippen LogP contribution in [0.2, 0.25) is 0 Å². The second-order valence-electron chi connectivity index (χ2n) is 9.45. The van der Waals surface area contributed by atoms with Gasteiger partial charge in [-0.25, -0.2) is 0 Å². The minimum Gasteiger partial charge on any atom is -0.494 e. The van der Waals surface area contributed by atoms with Crippen LogP contribution in [-0.2, 0) is 10.2 Å². The fourth-order valence-electron chi connectivity index (χ4n) is 4.67. The molecule has 0 aromatic heterocycles. The van der Waals surface area contributed by atoms with Gasteiger partial charge in [0.05, 0.1) is 12.0 Å². The number of unbranched alkanes of at least 4 members (excludes halogenated alkanes) is 2. The molecule has 1 amide bonds. The number of nitrogens with one attached hydrogen (secondary N) is 1. The van der Waals surface area contributed by atoms with E-state index in [4.69, 9.17) is 4.74 Å². The summed E-state index contributed by atoms with van der Waals surface area (Å²) in [5, 5.41) is 2.94. The minimum atomic E-state index is -0.486. The Morgan fingerprint density at radius 3 is 2.55 bits per heavy atom. The highest BCUT2D eigenvalue weighted by Crippen LogP contribution is 2.39. The molecule has 1 saturated carbocycles. The van der Waals surface area contributed by atoms with Crippen molar-refractivity contribution in [1.29, 1.82) is 0 Å². The Balaban J connectivity index is 1.13. The van der Waals surface area contributed by atoms with Crippen molar-refractivity contribution in [2.45, 2.75) is 81.4 Å². The number of benzene rings is 2. The van der Waals surface area contributed by atoms with Crippen molar-refractivity contribution in [3.8, 4) is 5.75 Å². The summed E-state index contributed by atoms with van der Waals surface area (Å²) < 4.78 is 5.95. The molecule has 4 rings (SSSR count). The smallest absolute Gasteiger partial charge is 0.234 e. The van der Waals surface area contributed by atoms with E-state index in [1.165, 1.54) is 55.4 Å². The number of ether oxygens (including phenoxy) is 1. The quantitative estimate of drug-likeness (QED) is 0.330. The van der Waals surface area contributed by atoms with Gasteiger partial charge in [0.1, 0.15) is 5.75 Å². The van der Waals surface area contributed by atoms with E-state index in [2.05, 4.69) is 29.6 Å². The zero-order valence-corrected chi connectivity index (χ0v) is 19.7. The maximum atomic E-state index is 12.1. The van der Waals surface area contributed by atoms with Crippen LogP contribution in [0.1, 0.15) is 82.3 Å². The predicted molar refractivity (Wildman–Crippen MR) is 130 cm³/mol. The molecule has 1 heterocycles. The second kappa shape index (κ2) is 10.1. The predicted octanol–water partition coefficient (Wildman–Crippen LogP) is 7.31. The molecule has 4 heteroatoms. The average Bonchev–Trinajstić information content (AvgIpc) is 3.02. The van der Waals surface area contributed by atoms with Crippen LogP contribution in [0.25, 0.3) is 0 Å². The highest BCUT2D eigenvalue weighted by Gasteiger charge is 2.38. The molecule has 0 spiro atoms. The van der Waals surface area contributed by atoms with Crippen molar-refractivity contribution in [1.82, 2.24) is 0 Å². The third kappa shape index (κ3) is 5.46. The van der Waals surface area contributed by atoms with Crippen LogP contribution in [0.15, 0.2) is 47.4 Å². The monoisotopic (exact) mass is 437 g/mol. The zero-order valence-electron chi connectivity index (χ0n) is 18.9. The molecule has 1 aliphatic carbocycles. The largest absolute Gasteiger partial charge is 0.494 e. The van der Waals surface area contributed by atoms with Crippen LogP contribution >= 0.6 is 11.8 Å². The molecule has 0 unspecified atom stereocenters. The number of thioether (sulfide) groups is 1. The lowest BCUT2D eigenvalue weighted by Crippen LogP contribution is -2.26. The molecule has 0 radical (unpaired) electrons. The number of rotatable bonds is 9. The molecule has 3 nitrogen and oxygen atoms in total. The second-order valence-corrected chi connectivity index (χ2v) is 10.6. The van der Waals surface area contributed by atoms with Crippen LogP contribution in [0.5, 0.6) is 5.75 Å². The van der Waals surface area contributed by atoms with Crippen molar-refractivity contribution in [2.24, 2.45) is 0 Å². The summed E-state index contributed by atoms with van der Waals surface area (Å²) in [4.78, 5) is 13.5. The lowest BCUT2D eigenvalue weighted by molar-refractivity contribution is -0.119. The highest BCUT2D eigenvalue weighted by atomic mass is 32.2. The fraction of sp³-hybridized carbons (Fsp3) is 0.519. The van der Waals surface area contributed by atoms with Crippen LogP contribution in [0.4, 0.5) is 5.69 Å². The zero-order chi connectivity index (χ0) is 21.7. The van der Waals surface area contributed by atoms with Gasteiger partial charge in [-0.2, -0.15) is 0 Å². The Labute approximate surface area is 191 Å². The SMILES string of the molecule is CC1(C)C(=O)Nc2ccc(OCCCCCSc3ccc(C4CCCCC4)cc3)cc21. The topological polar surface area (TPSA) is 38.3 Å². The van der Waals surface area contributed by atoms with E-state index in [0.717, 1.165) is 41.7 Å². The van der Waals surface area contributed by atoms with Gasteiger partial charge in [0.25, 0.3) is 0 Å². The van der Waals surface area contributed by atoms with Gasteiger partial charge in [0.15, 0.2) is 0 Å². The van der Waals surface area contributed by atoms with Crippen molar-refractivity contribution in [2.75, 3.05) is 17.7 Å². The summed E-state index contributed by atoms with van der Waals surface area (Å²) >= 11 is 1.96. The molecule has 0 saturated heterocycles. The molecule has 1 aliphatic heterocycles. The van der Waals surface area contributed by atoms with Crippen molar-refractivity contribution in [3.05, 3.63) is 53.6 Å². The molecule has 1 fully saturated rings.